The molecule has 0 aliphatic rings. The van der Waals surface area contributed by atoms with Gasteiger partial charge in [-0.1, -0.05) is 40.2 Å². The number of hydrogen-bond donors (Lipinski definition) is 0. The summed E-state index contributed by atoms with van der Waals surface area (Å²) in [7, 11) is 0. The van der Waals surface area contributed by atoms with E-state index in [0.29, 0.717) is 0 Å². The van der Waals surface area contributed by atoms with E-state index in [1.807, 2.05) is 11.3 Å². The first-order valence-electron chi connectivity index (χ1n) is 4.84. The highest BCUT2D eigenvalue weighted by atomic mass is 79.9. The lowest BCUT2D eigenvalue weighted by molar-refractivity contribution is 1.51. The van der Waals surface area contributed by atoms with Gasteiger partial charge in [0.05, 0.1) is 0 Å². The first-order chi connectivity index (χ1) is 7.27. The number of thiophene rings is 1. The highest BCUT2D eigenvalue weighted by Gasteiger charge is 2.07. The maximum Gasteiger partial charge on any atom is 0.0395 e. The maximum atomic E-state index is 3.58. The van der Waals surface area contributed by atoms with Crippen molar-refractivity contribution in [1.29, 1.82) is 0 Å². The topological polar surface area (TPSA) is 0 Å². The van der Waals surface area contributed by atoms with Crippen molar-refractivity contribution < 1.29 is 0 Å². The smallest absolute Gasteiger partial charge is 0.0395 e. The largest absolute Gasteiger partial charge is 0.135 e. The molecule has 1 aromatic heterocycles. The Hall–Kier alpha value is -0.860. The van der Waals surface area contributed by atoms with Crippen molar-refractivity contribution in [2.24, 2.45) is 0 Å². The van der Waals surface area contributed by atoms with E-state index in [-0.39, 0.29) is 0 Å². The van der Waals surface area contributed by atoms with E-state index in [2.05, 4.69) is 59.3 Å². The summed E-state index contributed by atoms with van der Waals surface area (Å²) >= 11 is 5.45. The molecule has 3 rings (SSSR count). The molecule has 0 saturated carbocycles. The van der Waals surface area contributed by atoms with Gasteiger partial charge in [0.15, 0.2) is 0 Å². The third-order valence-corrected chi connectivity index (χ3v) is 4.89. The molecule has 2 heteroatoms. The van der Waals surface area contributed by atoms with Crippen molar-refractivity contribution in [3.8, 4) is 0 Å². The van der Waals surface area contributed by atoms with Crippen LogP contribution in [0.25, 0.3) is 20.2 Å². The van der Waals surface area contributed by atoms with Crippen LogP contribution in [-0.2, 0) is 0 Å². The van der Waals surface area contributed by atoms with E-state index < -0.39 is 0 Å². The van der Waals surface area contributed by atoms with Crippen LogP contribution in [0.15, 0.2) is 40.9 Å². The molecular weight excluding hydrogens is 268 g/mol. The first kappa shape index (κ1) is 9.37. The second-order valence-electron chi connectivity index (χ2n) is 3.65. The summed E-state index contributed by atoms with van der Waals surface area (Å²) in [5.41, 5.74) is 1.34. The summed E-state index contributed by atoms with van der Waals surface area (Å²) in [6.45, 7) is 2.17. The summed E-state index contributed by atoms with van der Waals surface area (Å²) < 4.78 is 3.96. The Balaban J connectivity index is 2.60. The Morgan fingerprint density at radius 1 is 1.00 bits per heavy atom. The lowest BCUT2D eigenvalue weighted by atomic mass is 10.1. The van der Waals surface area contributed by atoms with Crippen LogP contribution in [0.5, 0.6) is 0 Å². The van der Waals surface area contributed by atoms with Gasteiger partial charge in [0.1, 0.15) is 0 Å². The second-order valence-corrected chi connectivity index (χ2v) is 5.55. The Morgan fingerprint density at radius 3 is 2.67 bits per heavy atom. The average molecular weight is 277 g/mol. The van der Waals surface area contributed by atoms with E-state index in [9.17, 15) is 0 Å². The summed E-state index contributed by atoms with van der Waals surface area (Å²) in [6, 6.07) is 12.9. The molecule has 0 atom stereocenters. The lowest BCUT2D eigenvalue weighted by Gasteiger charge is -1.98. The molecule has 0 unspecified atom stereocenters. The molecule has 0 fully saturated rings. The van der Waals surface area contributed by atoms with Gasteiger partial charge in [0.25, 0.3) is 0 Å². The van der Waals surface area contributed by atoms with E-state index in [1.54, 1.807) is 0 Å². The minimum absolute atomic E-state index is 1.20. The SMILES string of the molecule is Cc1c(Br)ccc2c1sc1ccccc12. The average Bonchev–Trinajstić information content (AvgIpc) is 2.63. The summed E-state index contributed by atoms with van der Waals surface area (Å²) in [5, 5.41) is 2.74. The molecule has 0 aliphatic carbocycles. The van der Waals surface area contributed by atoms with E-state index in [4.69, 9.17) is 0 Å². The Morgan fingerprint density at radius 2 is 1.80 bits per heavy atom. The fourth-order valence-corrected chi connectivity index (χ4v) is 3.57. The van der Waals surface area contributed by atoms with E-state index >= 15 is 0 Å². The Bertz CT molecular complexity index is 652. The number of benzene rings is 2. The van der Waals surface area contributed by atoms with Gasteiger partial charge in [-0.05, 0) is 24.6 Å². The van der Waals surface area contributed by atoms with E-state index in [0.717, 1.165) is 0 Å². The van der Waals surface area contributed by atoms with Gasteiger partial charge in [-0.2, -0.15) is 0 Å². The number of halogens is 1. The monoisotopic (exact) mass is 276 g/mol. The quantitative estimate of drug-likeness (QED) is 0.534. The Labute approximate surface area is 101 Å². The van der Waals surface area contributed by atoms with Crippen molar-refractivity contribution in [2.45, 2.75) is 6.92 Å². The summed E-state index contributed by atoms with van der Waals surface area (Å²) in [4.78, 5) is 0. The number of hydrogen-bond acceptors (Lipinski definition) is 1. The van der Waals surface area contributed by atoms with Gasteiger partial charge < -0.3 is 0 Å². The fraction of sp³-hybridized carbons (Fsp3) is 0.0769. The molecule has 74 valence electrons. The standard InChI is InChI=1S/C13H9BrS/c1-8-11(14)7-6-10-9-4-2-3-5-12(9)15-13(8)10/h2-7H,1H3. The molecule has 0 radical (unpaired) electrons. The highest BCUT2D eigenvalue weighted by molar-refractivity contribution is 9.10. The van der Waals surface area contributed by atoms with Crippen molar-refractivity contribution in [3.63, 3.8) is 0 Å². The molecule has 0 aliphatic heterocycles. The molecule has 0 bridgehead atoms. The van der Waals surface area contributed by atoms with Crippen LogP contribution in [0.1, 0.15) is 5.56 Å². The second kappa shape index (κ2) is 3.32. The molecule has 0 amide bonds. The van der Waals surface area contributed by atoms with Crippen LogP contribution < -0.4 is 0 Å². The number of fused-ring (bicyclic) bond motifs is 3. The van der Waals surface area contributed by atoms with Gasteiger partial charge >= 0.3 is 0 Å². The molecule has 0 nitrogen and oxygen atoms in total. The van der Waals surface area contributed by atoms with Crippen molar-refractivity contribution in [3.05, 3.63) is 46.4 Å². The maximum absolute atomic E-state index is 3.58. The molecule has 0 N–H and O–H groups in total. The minimum Gasteiger partial charge on any atom is -0.135 e. The summed E-state index contributed by atoms with van der Waals surface area (Å²) in [5.74, 6) is 0. The van der Waals surface area contributed by atoms with Crippen LogP contribution in [0.3, 0.4) is 0 Å². The predicted molar refractivity (Wildman–Crippen MR) is 71.8 cm³/mol. The van der Waals surface area contributed by atoms with Crippen LogP contribution in [-0.4, -0.2) is 0 Å². The molecule has 2 aromatic carbocycles. The van der Waals surface area contributed by atoms with Crippen molar-refractivity contribution in [1.82, 2.24) is 0 Å². The van der Waals surface area contributed by atoms with Crippen molar-refractivity contribution in [2.75, 3.05) is 0 Å². The first-order valence-corrected chi connectivity index (χ1v) is 6.44. The van der Waals surface area contributed by atoms with Gasteiger partial charge in [-0.3, -0.25) is 0 Å². The van der Waals surface area contributed by atoms with Gasteiger partial charge in [-0.25, -0.2) is 0 Å². The van der Waals surface area contributed by atoms with E-state index in [1.165, 1.54) is 30.2 Å². The molecule has 0 spiro atoms. The van der Waals surface area contributed by atoms with Crippen molar-refractivity contribution >= 4 is 47.4 Å². The van der Waals surface area contributed by atoms with Crippen LogP contribution in [0, 0.1) is 6.92 Å². The fourth-order valence-electron chi connectivity index (χ4n) is 1.90. The number of rotatable bonds is 0. The van der Waals surface area contributed by atoms with Gasteiger partial charge in [0, 0.05) is 24.6 Å². The number of aryl methyl sites for hydroxylation is 1. The predicted octanol–water partition coefficient (Wildman–Crippen LogP) is 5.13. The zero-order valence-corrected chi connectivity index (χ0v) is 10.7. The molecule has 1 heterocycles. The van der Waals surface area contributed by atoms with Crippen LogP contribution in [0.4, 0.5) is 0 Å². The van der Waals surface area contributed by atoms with Crippen LogP contribution in [0.2, 0.25) is 0 Å². The highest BCUT2D eigenvalue weighted by Crippen LogP contribution is 2.37. The third-order valence-electron chi connectivity index (χ3n) is 2.73. The Kier molecular flexibility index (Phi) is 2.08. The zero-order chi connectivity index (χ0) is 10.4. The zero-order valence-electron chi connectivity index (χ0n) is 8.25. The molecular formula is C13H9BrS. The van der Waals surface area contributed by atoms with Crippen LogP contribution >= 0.6 is 27.3 Å². The summed E-state index contributed by atoms with van der Waals surface area (Å²) in [6.07, 6.45) is 0. The third kappa shape index (κ3) is 1.32. The lowest BCUT2D eigenvalue weighted by Crippen LogP contribution is -1.74. The molecule has 0 saturated heterocycles. The normalized spacial score (nSPS) is 11.3. The molecule has 15 heavy (non-hydrogen) atoms. The van der Waals surface area contributed by atoms with Gasteiger partial charge in [0.2, 0.25) is 0 Å². The molecule has 3 aromatic rings. The minimum atomic E-state index is 1.20. The van der Waals surface area contributed by atoms with Gasteiger partial charge in [-0.15, -0.1) is 11.3 Å².